The number of aliphatic carboxylic acids is 1. The molecule has 1 heterocycles. The Kier molecular flexibility index (Phi) is 4.67. The standard InChI is InChI=1S/C13H16ClNO4S/c14-12-4-2-1-3-11(12)9-20(18,19)15-7-5-10(6-8-15)13(16)17/h1-4,10H,5-9H2,(H,16,17). The summed E-state index contributed by atoms with van der Waals surface area (Å²) in [4.78, 5) is 10.9. The van der Waals surface area contributed by atoms with Crippen molar-refractivity contribution in [2.24, 2.45) is 5.92 Å². The zero-order chi connectivity index (χ0) is 14.8. The van der Waals surface area contributed by atoms with E-state index in [0.717, 1.165) is 0 Å². The third kappa shape index (κ3) is 3.50. The number of nitrogens with zero attached hydrogens (tertiary/aromatic N) is 1. The van der Waals surface area contributed by atoms with Crippen LogP contribution < -0.4 is 0 Å². The van der Waals surface area contributed by atoms with Crippen molar-refractivity contribution in [3.8, 4) is 0 Å². The normalized spacial score (nSPS) is 18.1. The fourth-order valence-corrected chi connectivity index (χ4v) is 4.16. The number of hydrogen-bond acceptors (Lipinski definition) is 3. The number of carboxylic acids is 1. The summed E-state index contributed by atoms with van der Waals surface area (Å²) in [6.07, 6.45) is 0.716. The Balaban J connectivity index is 2.05. The fourth-order valence-electron chi connectivity index (χ4n) is 2.28. The first-order valence-corrected chi connectivity index (χ1v) is 8.33. The first-order valence-electron chi connectivity index (χ1n) is 6.34. The molecule has 7 heteroatoms. The molecule has 0 bridgehead atoms. The molecule has 0 amide bonds. The van der Waals surface area contributed by atoms with Gasteiger partial charge in [0.1, 0.15) is 0 Å². The van der Waals surface area contributed by atoms with Crippen LogP contribution in [0.2, 0.25) is 5.02 Å². The Hall–Kier alpha value is -1.11. The van der Waals surface area contributed by atoms with Gasteiger partial charge in [0.15, 0.2) is 0 Å². The summed E-state index contributed by atoms with van der Waals surface area (Å²) in [5.41, 5.74) is 0.564. The molecular weight excluding hydrogens is 302 g/mol. The molecule has 1 N–H and O–H groups in total. The lowest BCUT2D eigenvalue weighted by molar-refractivity contribution is -0.142. The van der Waals surface area contributed by atoms with Gasteiger partial charge in [0.25, 0.3) is 0 Å². The van der Waals surface area contributed by atoms with Gasteiger partial charge in [-0.15, -0.1) is 0 Å². The maximum Gasteiger partial charge on any atom is 0.306 e. The van der Waals surface area contributed by atoms with Crippen molar-refractivity contribution in [2.75, 3.05) is 13.1 Å². The highest BCUT2D eigenvalue weighted by Gasteiger charge is 2.31. The largest absolute Gasteiger partial charge is 0.481 e. The predicted octanol–water partition coefficient (Wildman–Crippen LogP) is 1.97. The van der Waals surface area contributed by atoms with Crippen LogP contribution in [-0.4, -0.2) is 36.9 Å². The molecule has 0 saturated carbocycles. The number of rotatable bonds is 4. The van der Waals surface area contributed by atoms with Crippen molar-refractivity contribution in [3.05, 3.63) is 34.9 Å². The highest BCUT2D eigenvalue weighted by atomic mass is 35.5. The van der Waals surface area contributed by atoms with Crippen molar-refractivity contribution >= 4 is 27.6 Å². The van der Waals surface area contributed by atoms with Crippen molar-refractivity contribution in [1.82, 2.24) is 4.31 Å². The monoisotopic (exact) mass is 317 g/mol. The van der Waals surface area contributed by atoms with E-state index in [4.69, 9.17) is 16.7 Å². The molecule has 110 valence electrons. The smallest absolute Gasteiger partial charge is 0.306 e. The van der Waals surface area contributed by atoms with Gasteiger partial charge in [0, 0.05) is 18.1 Å². The van der Waals surface area contributed by atoms with Gasteiger partial charge in [-0.2, -0.15) is 0 Å². The molecule has 5 nitrogen and oxygen atoms in total. The molecule has 0 spiro atoms. The third-order valence-corrected chi connectivity index (χ3v) is 5.69. The van der Waals surface area contributed by atoms with E-state index in [1.165, 1.54) is 4.31 Å². The maximum atomic E-state index is 12.3. The maximum absolute atomic E-state index is 12.3. The summed E-state index contributed by atoms with van der Waals surface area (Å²) in [5, 5.41) is 9.34. The predicted molar refractivity (Wildman–Crippen MR) is 76.0 cm³/mol. The first-order chi connectivity index (χ1) is 9.40. The van der Waals surface area contributed by atoms with Crippen LogP contribution in [0.4, 0.5) is 0 Å². The summed E-state index contributed by atoms with van der Waals surface area (Å²) in [7, 11) is -3.45. The van der Waals surface area contributed by atoms with Gasteiger partial charge in [-0.1, -0.05) is 29.8 Å². The van der Waals surface area contributed by atoms with E-state index in [1.54, 1.807) is 24.3 Å². The van der Waals surface area contributed by atoms with Gasteiger partial charge in [-0.25, -0.2) is 12.7 Å². The number of halogens is 1. The van der Waals surface area contributed by atoms with E-state index < -0.39 is 21.9 Å². The highest BCUT2D eigenvalue weighted by molar-refractivity contribution is 7.88. The van der Waals surface area contributed by atoms with Crippen LogP contribution in [0.3, 0.4) is 0 Å². The highest BCUT2D eigenvalue weighted by Crippen LogP contribution is 2.24. The molecule has 0 atom stereocenters. The number of piperidine rings is 1. The lowest BCUT2D eigenvalue weighted by atomic mass is 9.99. The van der Waals surface area contributed by atoms with E-state index in [9.17, 15) is 13.2 Å². The van der Waals surface area contributed by atoms with Gasteiger partial charge in [0.05, 0.1) is 11.7 Å². The Bertz CT molecular complexity index is 594. The summed E-state index contributed by atoms with van der Waals surface area (Å²) in [6, 6.07) is 6.83. The van der Waals surface area contributed by atoms with Crippen molar-refractivity contribution < 1.29 is 18.3 Å². The third-order valence-electron chi connectivity index (χ3n) is 3.49. The van der Waals surface area contributed by atoms with Gasteiger partial charge in [0.2, 0.25) is 10.0 Å². The van der Waals surface area contributed by atoms with Crippen molar-refractivity contribution in [3.63, 3.8) is 0 Å². The Morgan fingerprint density at radius 2 is 1.90 bits per heavy atom. The molecule has 1 aliphatic heterocycles. The van der Waals surface area contributed by atoms with E-state index in [2.05, 4.69) is 0 Å². The van der Waals surface area contributed by atoms with Crippen LogP contribution in [0.25, 0.3) is 0 Å². The average molecular weight is 318 g/mol. The SMILES string of the molecule is O=C(O)C1CCN(S(=O)(=O)Cc2ccccc2Cl)CC1. The Labute approximate surface area is 123 Å². The Morgan fingerprint density at radius 3 is 2.45 bits per heavy atom. The quantitative estimate of drug-likeness (QED) is 0.921. The molecule has 20 heavy (non-hydrogen) atoms. The molecule has 0 aliphatic carbocycles. The van der Waals surface area contributed by atoms with Crippen LogP contribution in [-0.2, 0) is 20.6 Å². The van der Waals surface area contributed by atoms with Gasteiger partial charge in [-0.05, 0) is 24.5 Å². The van der Waals surface area contributed by atoms with Crippen molar-refractivity contribution in [1.29, 1.82) is 0 Å². The zero-order valence-corrected chi connectivity index (χ0v) is 12.4. The number of hydrogen-bond donors (Lipinski definition) is 1. The van der Waals surface area contributed by atoms with E-state index in [-0.39, 0.29) is 18.8 Å². The van der Waals surface area contributed by atoms with Crippen LogP contribution in [0.15, 0.2) is 24.3 Å². The lowest BCUT2D eigenvalue weighted by Crippen LogP contribution is -2.40. The van der Waals surface area contributed by atoms with Crippen LogP contribution in [0.1, 0.15) is 18.4 Å². The fraction of sp³-hybridized carbons (Fsp3) is 0.462. The van der Waals surface area contributed by atoms with Crippen LogP contribution in [0.5, 0.6) is 0 Å². The van der Waals surface area contributed by atoms with Gasteiger partial charge in [-0.3, -0.25) is 4.79 Å². The molecule has 2 rings (SSSR count). The number of carboxylic acid groups (broad SMARTS) is 1. The second-order valence-electron chi connectivity index (χ2n) is 4.86. The minimum atomic E-state index is -3.45. The molecule has 1 aromatic carbocycles. The van der Waals surface area contributed by atoms with E-state index in [1.807, 2.05) is 0 Å². The topological polar surface area (TPSA) is 74.7 Å². The number of sulfonamides is 1. The van der Waals surface area contributed by atoms with Crippen molar-refractivity contribution in [2.45, 2.75) is 18.6 Å². The molecule has 0 unspecified atom stereocenters. The van der Waals surface area contributed by atoms with E-state index in [0.29, 0.717) is 23.4 Å². The van der Waals surface area contributed by atoms with Crippen LogP contribution in [0, 0.1) is 5.92 Å². The van der Waals surface area contributed by atoms with Gasteiger partial charge < -0.3 is 5.11 Å². The second kappa shape index (κ2) is 6.11. The summed E-state index contributed by atoms with van der Waals surface area (Å²) >= 11 is 5.97. The number of benzene rings is 1. The number of carbonyl (C=O) groups is 1. The second-order valence-corrected chi connectivity index (χ2v) is 7.24. The minimum absolute atomic E-state index is 0.148. The summed E-state index contributed by atoms with van der Waals surface area (Å²) in [5.74, 6) is -1.44. The van der Waals surface area contributed by atoms with E-state index >= 15 is 0 Å². The molecular formula is C13H16ClNO4S. The molecule has 1 aromatic rings. The molecule has 0 radical (unpaired) electrons. The minimum Gasteiger partial charge on any atom is -0.481 e. The van der Waals surface area contributed by atoms with Gasteiger partial charge >= 0.3 is 5.97 Å². The molecule has 1 aliphatic rings. The lowest BCUT2D eigenvalue weighted by Gasteiger charge is -2.29. The summed E-state index contributed by atoms with van der Waals surface area (Å²) in [6.45, 7) is 0.507. The summed E-state index contributed by atoms with van der Waals surface area (Å²) < 4.78 is 26.0. The van der Waals surface area contributed by atoms with Crippen LogP contribution >= 0.6 is 11.6 Å². The molecule has 1 saturated heterocycles. The Morgan fingerprint density at radius 1 is 1.30 bits per heavy atom. The molecule has 1 fully saturated rings. The average Bonchev–Trinajstić information content (AvgIpc) is 2.41. The zero-order valence-electron chi connectivity index (χ0n) is 10.8. The molecule has 0 aromatic heterocycles. The first kappa shape index (κ1) is 15.3.